The molecule has 1 heterocycles. The molecule has 3 rings (SSSR count). The molecule has 0 radical (unpaired) electrons. The van der Waals surface area contributed by atoms with Crippen molar-refractivity contribution in [3.8, 4) is 0 Å². The Hall–Kier alpha value is -0.210. The number of anilines is 1. The standard InChI is InChI=1S/C15H19BrClN/c16-14-9-13(6-5-12(14)10-17)18-8-7-11-3-1-2-4-15(11)18/h5-6,9,11,15H,1-4,7-8,10H2. The summed E-state index contributed by atoms with van der Waals surface area (Å²) < 4.78 is 1.15. The van der Waals surface area contributed by atoms with Crippen LogP contribution in [0.5, 0.6) is 0 Å². The number of hydrogen-bond acceptors (Lipinski definition) is 1. The van der Waals surface area contributed by atoms with Crippen molar-refractivity contribution in [1.82, 2.24) is 0 Å². The third-order valence-electron chi connectivity index (χ3n) is 4.52. The molecule has 2 fully saturated rings. The molecule has 3 heteroatoms. The van der Waals surface area contributed by atoms with Gasteiger partial charge >= 0.3 is 0 Å². The van der Waals surface area contributed by atoms with Crippen LogP contribution in [-0.2, 0) is 5.88 Å². The quantitative estimate of drug-likeness (QED) is 0.694. The average Bonchev–Trinajstić information content (AvgIpc) is 2.82. The Morgan fingerprint density at radius 1 is 1.22 bits per heavy atom. The van der Waals surface area contributed by atoms with E-state index in [4.69, 9.17) is 11.6 Å². The first-order valence-corrected chi connectivity index (χ1v) is 8.23. The summed E-state index contributed by atoms with van der Waals surface area (Å²) in [4.78, 5) is 2.62. The summed E-state index contributed by atoms with van der Waals surface area (Å²) in [6.45, 7) is 1.22. The monoisotopic (exact) mass is 327 g/mol. The van der Waals surface area contributed by atoms with Gasteiger partial charge in [-0.25, -0.2) is 0 Å². The van der Waals surface area contributed by atoms with Crippen LogP contribution in [0.15, 0.2) is 22.7 Å². The molecule has 1 saturated heterocycles. The second-order valence-corrected chi connectivity index (χ2v) is 6.62. The summed E-state index contributed by atoms with van der Waals surface area (Å²) in [7, 11) is 0. The van der Waals surface area contributed by atoms with Crippen LogP contribution in [-0.4, -0.2) is 12.6 Å². The van der Waals surface area contributed by atoms with Crippen molar-refractivity contribution in [1.29, 1.82) is 0 Å². The van der Waals surface area contributed by atoms with Gasteiger partial charge in [0.1, 0.15) is 0 Å². The topological polar surface area (TPSA) is 3.24 Å². The van der Waals surface area contributed by atoms with Crippen LogP contribution in [0, 0.1) is 5.92 Å². The molecule has 1 nitrogen and oxygen atoms in total. The Balaban J connectivity index is 1.84. The molecule has 2 atom stereocenters. The van der Waals surface area contributed by atoms with Crippen molar-refractivity contribution < 1.29 is 0 Å². The maximum Gasteiger partial charge on any atom is 0.0485 e. The second-order valence-electron chi connectivity index (χ2n) is 5.50. The molecular formula is C15H19BrClN. The smallest absolute Gasteiger partial charge is 0.0485 e. The fraction of sp³-hybridized carbons (Fsp3) is 0.600. The number of benzene rings is 1. The fourth-order valence-corrected chi connectivity index (χ4v) is 4.45. The zero-order valence-electron chi connectivity index (χ0n) is 10.5. The van der Waals surface area contributed by atoms with E-state index in [1.54, 1.807) is 0 Å². The minimum absolute atomic E-state index is 0.576. The highest BCUT2D eigenvalue weighted by molar-refractivity contribution is 9.10. The number of alkyl halides is 1. The van der Waals surface area contributed by atoms with Gasteiger partial charge in [0, 0.05) is 28.6 Å². The van der Waals surface area contributed by atoms with Gasteiger partial charge in [0.2, 0.25) is 0 Å². The largest absolute Gasteiger partial charge is 0.368 e. The lowest BCUT2D eigenvalue weighted by Gasteiger charge is -2.33. The van der Waals surface area contributed by atoms with Crippen molar-refractivity contribution >= 4 is 33.2 Å². The van der Waals surface area contributed by atoms with E-state index >= 15 is 0 Å². The van der Waals surface area contributed by atoms with Gasteiger partial charge in [-0.15, -0.1) is 11.6 Å². The molecule has 1 aliphatic carbocycles. The maximum atomic E-state index is 5.91. The van der Waals surface area contributed by atoms with E-state index in [9.17, 15) is 0 Å². The number of fused-ring (bicyclic) bond motifs is 1. The van der Waals surface area contributed by atoms with Crippen LogP contribution in [0.1, 0.15) is 37.7 Å². The summed E-state index contributed by atoms with van der Waals surface area (Å²) in [5.74, 6) is 1.51. The first kappa shape index (κ1) is 12.8. The van der Waals surface area contributed by atoms with Gasteiger partial charge in [-0.3, -0.25) is 0 Å². The Labute approximate surface area is 123 Å². The molecule has 1 aliphatic heterocycles. The average molecular weight is 329 g/mol. The summed E-state index contributed by atoms with van der Waals surface area (Å²) >= 11 is 9.54. The molecule has 0 aromatic heterocycles. The zero-order chi connectivity index (χ0) is 12.5. The molecule has 1 aromatic carbocycles. The molecule has 0 bridgehead atoms. The van der Waals surface area contributed by atoms with Crippen molar-refractivity contribution in [2.75, 3.05) is 11.4 Å². The van der Waals surface area contributed by atoms with Crippen molar-refractivity contribution in [2.45, 2.75) is 44.0 Å². The van der Waals surface area contributed by atoms with E-state index in [1.165, 1.54) is 49.9 Å². The van der Waals surface area contributed by atoms with E-state index in [1.807, 2.05) is 0 Å². The summed E-state index contributed by atoms with van der Waals surface area (Å²) in [6.07, 6.45) is 7.02. The van der Waals surface area contributed by atoms with Gasteiger partial charge in [0.05, 0.1) is 0 Å². The Morgan fingerprint density at radius 2 is 2.06 bits per heavy atom. The van der Waals surface area contributed by atoms with Gasteiger partial charge in [-0.05, 0) is 42.9 Å². The third-order valence-corrected chi connectivity index (χ3v) is 5.55. The van der Waals surface area contributed by atoms with Gasteiger partial charge in [-0.1, -0.05) is 34.8 Å². The summed E-state index contributed by atoms with van der Waals surface area (Å²) in [6, 6.07) is 7.42. The SMILES string of the molecule is ClCc1ccc(N2CCC3CCCCC32)cc1Br. The van der Waals surface area contributed by atoms with E-state index < -0.39 is 0 Å². The minimum Gasteiger partial charge on any atom is -0.368 e. The molecule has 0 N–H and O–H groups in total. The van der Waals surface area contributed by atoms with Gasteiger partial charge < -0.3 is 4.90 Å². The van der Waals surface area contributed by atoms with Crippen LogP contribution in [0.2, 0.25) is 0 Å². The zero-order valence-corrected chi connectivity index (χ0v) is 12.9. The van der Waals surface area contributed by atoms with Crippen LogP contribution in [0.4, 0.5) is 5.69 Å². The second kappa shape index (κ2) is 5.42. The predicted molar refractivity (Wildman–Crippen MR) is 81.4 cm³/mol. The van der Waals surface area contributed by atoms with Crippen molar-refractivity contribution in [2.24, 2.45) is 5.92 Å². The van der Waals surface area contributed by atoms with Crippen molar-refractivity contribution in [3.05, 3.63) is 28.2 Å². The fourth-order valence-electron chi connectivity index (χ4n) is 3.55. The summed E-state index contributed by atoms with van der Waals surface area (Å²) in [5.41, 5.74) is 2.55. The molecule has 2 unspecified atom stereocenters. The Morgan fingerprint density at radius 3 is 2.83 bits per heavy atom. The highest BCUT2D eigenvalue weighted by Gasteiger charge is 2.35. The molecule has 1 saturated carbocycles. The van der Waals surface area contributed by atoms with E-state index in [0.717, 1.165) is 16.4 Å². The van der Waals surface area contributed by atoms with E-state index in [-0.39, 0.29) is 0 Å². The highest BCUT2D eigenvalue weighted by atomic mass is 79.9. The summed E-state index contributed by atoms with van der Waals surface area (Å²) in [5, 5.41) is 0. The number of hydrogen-bond donors (Lipinski definition) is 0. The minimum atomic E-state index is 0.576. The van der Waals surface area contributed by atoms with Gasteiger partial charge in [0.25, 0.3) is 0 Å². The first-order valence-electron chi connectivity index (χ1n) is 6.90. The van der Waals surface area contributed by atoms with E-state index in [2.05, 4.69) is 39.0 Å². The number of halogens is 2. The third kappa shape index (κ3) is 2.30. The van der Waals surface area contributed by atoms with Crippen LogP contribution >= 0.6 is 27.5 Å². The number of nitrogens with zero attached hydrogens (tertiary/aromatic N) is 1. The maximum absolute atomic E-state index is 5.91. The van der Waals surface area contributed by atoms with Crippen LogP contribution < -0.4 is 4.90 Å². The van der Waals surface area contributed by atoms with Crippen LogP contribution in [0.25, 0.3) is 0 Å². The normalized spacial score (nSPS) is 27.3. The van der Waals surface area contributed by atoms with Gasteiger partial charge in [0.15, 0.2) is 0 Å². The molecule has 0 spiro atoms. The lowest BCUT2D eigenvalue weighted by Crippen LogP contribution is -2.34. The number of rotatable bonds is 2. The lowest BCUT2D eigenvalue weighted by atomic mass is 9.85. The molecule has 0 amide bonds. The van der Waals surface area contributed by atoms with Crippen LogP contribution in [0.3, 0.4) is 0 Å². The molecule has 2 aliphatic rings. The molecular weight excluding hydrogens is 310 g/mol. The predicted octanol–water partition coefficient (Wildman–Crippen LogP) is 4.96. The Kier molecular flexibility index (Phi) is 3.86. The molecule has 98 valence electrons. The Bertz CT molecular complexity index is 435. The van der Waals surface area contributed by atoms with Gasteiger partial charge in [-0.2, -0.15) is 0 Å². The molecule has 1 aromatic rings. The van der Waals surface area contributed by atoms with E-state index in [0.29, 0.717) is 5.88 Å². The lowest BCUT2D eigenvalue weighted by molar-refractivity contribution is 0.342. The highest BCUT2D eigenvalue weighted by Crippen LogP contribution is 2.39. The first-order chi connectivity index (χ1) is 8.79. The van der Waals surface area contributed by atoms with Crippen molar-refractivity contribution in [3.63, 3.8) is 0 Å². The molecule has 18 heavy (non-hydrogen) atoms.